The van der Waals surface area contributed by atoms with Crippen LogP contribution in [0.5, 0.6) is 0 Å². The summed E-state index contributed by atoms with van der Waals surface area (Å²) in [5, 5.41) is 0. The van der Waals surface area contributed by atoms with Gasteiger partial charge in [-0.3, -0.25) is 0 Å². The second-order valence-electron chi connectivity index (χ2n) is 5.45. The van der Waals surface area contributed by atoms with Crippen molar-refractivity contribution in [2.45, 2.75) is 50.0 Å². The van der Waals surface area contributed by atoms with Gasteiger partial charge in [0.1, 0.15) is 0 Å². The van der Waals surface area contributed by atoms with Gasteiger partial charge >= 0.3 is 0 Å². The zero-order valence-corrected chi connectivity index (χ0v) is 14.0. The number of nitrogen functional groups attached to an aromatic ring is 1. The topological polar surface area (TPSA) is 72.2 Å². The van der Waals surface area contributed by atoms with Gasteiger partial charge in [-0.2, -0.15) is 0 Å². The molecule has 2 atom stereocenters. The molecule has 0 amide bonds. The minimum Gasteiger partial charge on any atom is -0.399 e. The fourth-order valence-corrected chi connectivity index (χ4v) is 5.06. The van der Waals surface area contributed by atoms with E-state index in [1.165, 1.54) is 12.5 Å². The van der Waals surface area contributed by atoms with Crippen LogP contribution in [-0.2, 0) is 10.0 Å². The third kappa shape index (κ3) is 3.74. The molecule has 0 aromatic heterocycles. The van der Waals surface area contributed by atoms with Crippen molar-refractivity contribution in [3.8, 4) is 0 Å². The summed E-state index contributed by atoms with van der Waals surface area (Å²) in [7, 11) is -3.52. The van der Waals surface area contributed by atoms with E-state index in [0.29, 0.717) is 16.1 Å². The fraction of sp³-hybridized carbons (Fsp3) is 0.571. The standard InChI is InChI=1S/C14H21BrN2O2S/c1-2-10-4-3-5-12(8-10)17-20(18,19)14-9-11(16)6-7-13(14)15/h6-7,9-10,12,17H,2-5,8,16H2,1H3. The van der Waals surface area contributed by atoms with Crippen LogP contribution in [0, 0.1) is 5.92 Å². The Morgan fingerprint density at radius 1 is 1.40 bits per heavy atom. The van der Waals surface area contributed by atoms with Gasteiger partial charge in [-0.05, 0) is 52.9 Å². The van der Waals surface area contributed by atoms with Gasteiger partial charge in [0, 0.05) is 16.2 Å². The summed E-state index contributed by atoms with van der Waals surface area (Å²) < 4.78 is 28.3. The molecule has 2 rings (SSSR count). The largest absolute Gasteiger partial charge is 0.399 e. The van der Waals surface area contributed by atoms with Crippen LogP contribution >= 0.6 is 15.9 Å². The average Bonchev–Trinajstić information content (AvgIpc) is 2.41. The Morgan fingerprint density at radius 3 is 2.85 bits per heavy atom. The highest BCUT2D eigenvalue weighted by atomic mass is 79.9. The molecule has 4 nitrogen and oxygen atoms in total. The van der Waals surface area contributed by atoms with Crippen LogP contribution in [0.3, 0.4) is 0 Å². The number of hydrogen-bond donors (Lipinski definition) is 2. The maximum Gasteiger partial charge on any atom is 0.242 e. The number of halogens is 1. The van der Waals surface area contributed by atoms with Gasteiger partial charge in [-0.25, -0.2) is 13.1 Å². The molecule has 1 saturated carbocycles. The van der Waals surface area contributed by atoms with Crippen LogP contribution in [0.1, 0.15) is 39.0 Å². The average molecular weight is 361 g/mol. The van der Waals surface area contributed by atoms with Crippen molar-refractivity contribution in [3.63, 3.8) is 0 Å². The summed E-state index contributed by atoms with van der Waals surface area (Å²) in [6, 6.07) is 4.87. The van der Waals surface area contributed by atoms with Crippen molar-refractivity contribution in [3.05, 3.63) is 22.7 Å². The number of hydrogen-bond acceptors (Lipinski definition) is 3. The lowest BCUT2D eigenvalue weighted by atomic mass is 9.85. The Bertz CT molecular complexity index is 575. The van der Waals surface area contributed by atoms with Crippen molar-refractivity contribution in [2.24, 2.45) is 5.92 Å². The Morgan fingerprint density at radius 2 is 2.15 bits per heavy atom. The fourth-order valence-electron chi connectivity index (χ4n) is 2.78. The van der Waals surface area contributed by atoms with Crippen LogP contribution in [0.25, 0.3) is 0 Å². The molecule has 0 aliphatic heterocycles. The van der Waals surface area contributed by atoms with Gasteiger partial charge in [0.05, 0.1) is 4.90 Å². The van der Waals surface area contributed by atoms with Crippen molar-refractivity contribution < 1.29 is 8.42 Å². The van der Waals surface area contributed by atoms with Crippen LogP contribution in [0.2, 0.25) is 0 Å². The molecule has 112 valence electrons. The van der Waals surface area contributed by atoms with Gasteiger partial charge in [0.2, 0.25) is 10.0 Å². The van der Waals surface area contributed by atoms with Gasteiger partial charge in [0.15, 0.2) is 0 Å². The normalized spacial score (nSPS) is 23.7. The zero-order valence-electron chi connectivity index (χ0n) is 11.6. The molecule has 0 saturated heterocycles. The summed E-state index contributed by atoms with van der Waals surface area (Å²) in [6.45, 7) is 2.16. The van der Waals surface area contributed by atoms with Gasteiger partial charge < -0.3 is 5.73 Å². The molecule has 0 heterocycles. The molecule has 2 unspecified atom stereocenters. The number of benzene rings is 1. The van der Waals surface area contributed by atoms with E-state index in [1.54, 1.807) is 12.1 Å². The van der Waals surface area contributed by atoms with Crippen molar-refractivity contribution in [2.75, 3.05) is 5.73 Å². The molecule has 20 heavy (non-hydrogen) atoms. The number of sulfonamides is 1. The predicted octanol–water partition coefficient (Wildman–Crippen LogP) is 3.28. The van der Waals surface area contributed by atoms with Crippen LogP contribution in [0.15, 0.2) is 27.6 Å². The van der Waals surface area contributed by atoms with E-state index in [9.17, 15) is 8.42 Å². The molecule has 1 aliphatic carbocycles. The minimum atomic E-state index is -3.52. The molecule has 0 spiro atoms. The first-order chi connectivity index (χ1) is 9.42. The summed E-state index contributed by atoms with van der Waals surface area (Å²) in [5.41, 5.74) is 6.14. The van der Waals surface area contributed by atoms with E-state index >= 15 is 0 Å². The van der Waals surface area contributed by atoms with Crippen LogP contribution < -0.4 is 10.5 Å². The Balaban J connectivity index is 2.16. The number of anilines is 1. The summed E-state index contributed by atoms with van der Waals surface area (Å²) >= 11 is 3.28. The summed E-state index contributed by atoms with van der Waals surface area (Å²) in [6.07, 6.45) is 5.24. The lowest BCUT2D eigenvalue weighted by Gasteiger charge is -2.29. The summed E-state index contributed by atoms with van der Waals surface area (Å²) in [5.74, 6) is 0.626. The minimum absolute atomic E-state index is 0.0343. The second kappa shape index (κ2) is 6.45. The van der Waals surface area contributed by atoms with E-state index in [2.05, 4.69) is 27.6 Å². The molecule has 1 aliphatic rings. The van der Waals surface area contributed by atoms with Gasteiger partial charge in [-0.15, -0.1) is 0 Å². The molecule has 3 N–H and O–H groups in total. The Kier molecular flexibility index (Phi) is 5.09. The van der Waals surface area contributed by atoms with Gasteiger partial charge in [-0.1, -0.05) is 26.2 Å². The third-order valence-electron chi connectivity index (χ3n) is 3.93. The Hall–Kier alpha value is -0.590. The van der Waals surface area contributed by atoms with Gasteiger partial charge in [0.25, 0.3) is 0 Å². The maximum absolute atomic E-state index is 12.5. The second-order valence-corrected chi connectivity index (χ2v) is 7.99. The van der Waals surface area contributed by atoms with Crippen LogP contribution in [-0.4, -0.2) is 14.5 Å². The lowest BCUT2D eigenvalue weighted by Crippen LogP contribution is -2.38. The highest BCUT2D eigenvalue weighted by Gasteiger charge is 2.26. The molecule has 1 aromatic carbocycles. The quantitative estimate of drug-likeness (QED) is 0.809. The van der Waals surface area contributed by atoms with E-state index in [-0.39, 0.29) is 10.9 Å². The highest BCUT2D eigenvalue weighted by molar-refractivity contribution is 9.10. The molecule has 1 aromatic rings. The first-order valence-electron chi connectivity index (χ1n) is 6.99. The van der Waals surface area contributed by atoms with Crippen molar-refractivity contribution >= 4 is 31.6 Å². The van der Waals surface area contributed by atoms with E-state index in [0.717, 1.165) is 25.7 Å². The lowest BCUT2D eigenvalue weighted by molar-refractivity contribution is 0.301. The molecule has 1 fully saturated rings. The number of nitrogens with one attached hydrogen (secondary N) is 1. The molecule has 0 bridgehead atoms. The SMILES string of the molecule is CCC1CCCC(NS(=O)(=O)c2cc(N)ccc2Br)C1. The first-order valence-corrected chi connectivity index (χ1v) is 9.27. The molecule has 6 heteroatoms. The smallest absolute Gasteiger partial charge is 0.242 e. The monoisotopic (exact) mass is 360 g/mol. The molecular weight excluding hydrogens is 340 g/mol. The van der Waals surface area contributed by atoms with Crippen molar-refractivity contribution in [1.29, 1.82) is 0 Å². The number of nitrogens with two attached hydrogens (primary N) is 1. The zero-order chi connectivity index (χ0) is 14.8. The van der Waals surface area contributed by atoms with E-state index < -0.39 is 10.0 Å². The number of rotatable bonds is 4. The first kappa shape index (κ1) is 15.8. The predicted molar refractivity (Wildman–Crippen MR) is 84.9 cm³/mol. The third-order valence-corrected chi connectivity index (χ3v) is 6.44. The Labute approximate surface area is 129 Å². The van der Waals surface area contributed by atoms with E-state index in [1.807, 2.05) is 0 Å². The van der Waals surface area contributed by atoms with Crippen molar-refractivity contribution in [1.82, 2.24) is 4.72 Å². The van der Waals surface area contributed by atoms with E-state index in [4.69, 9.17) is 5.73 Å². The van der Waals surface area contributed by atoms with Crippen LogP contribution in [0.4, 0.5) is 5.69 Å². The molecular formula is C14H21BrN2O2S. The highest BCUT2D eigenvalue weighted by Crippen LogP contribution is 2.29. The molecule has 0 radical (unpaired) electrons. The summed E-state index contributed by atoms with van der Waals surface area (Å²) in [4.78, 5) is 0.219. The maximum atomic E-state index is 12.5.